The third-order valence-corrected chi connectivity index (χ3v) is 4.27. The summed E-state index contributed by atoms with van der Waals surface area (Å²) < 4.78 is 0. The Balaban J connectivity index is 2.02. The lowest BCUT2D eigenvalue weighted by atomic mass is 9.80. The SMILES string of the molecule is Cc1ccc(C)c(C(C)NC(C)C2CCC2)c1. The molecule has 0 radical (unpaired) electrons. The Hall–Kier alpha value is -0.820. The molecule has 1 nitrogen and oxygen atoms in total. The molecule has 0 saturated heterocycles. The van der Waals surface area contributed by atoms with Crippen molar-refractivity contribution in [1.82, 2.24) is 5.32 Å². The maximum atomic E-state index is 3.77. The predicted octanol–water partition coefficient (Wildman–Crippen LogP) is 4.14. The maximum absolute atomic E-state index is 3.77. The molecular weight excluding hydrogens is 206 g/mol. The van der Waals surface area contributed by atoms with Crippen molar-refractivity contribution in [3.63, 3.8) is 0 Å². The van der Waals surface area contributed by atoms with E-state index in [-0.39, 0.29) is 0 Å². The lowest BCUT2D eigenvalue weighted by molar-refractivity contribution is 0.229. The molecule has 1 aliphatic rings. The molecule has 94 valence electrons. The Kier molecular flexibility index (Phi) is 3.88. The highest BCUT2D eigenvalue weighted by Crippen LogP contribution is 2.31. The molecule has 1 heteroatoms. The summed E-state index contributed by atoms with van der Waals surface area (Å²) in [5, 5.41) is 3.77. The lowest BCUT2D eigenvalue weighted by Crippen LogP contribution is -2.38. The summed E-state index contributed by atoms with van der Waals surface area (Å²) in [6.07, 6.45) is 4.25. The summed E-state index contributed by atoms with van der Waals surface area (Å²) in [6, 6.07) is 7.86. The smallest absolute Gasteiger partial charge is 0.0297 e. The summed E-state index contributed by atoms with van der Waals surface area (Å²) in [4.78, 5) is 0. The average Bonchev–Trinajstić information content (AvgIpc) is 2.18. The first kappa shape index (κ1) is 12.6. The van der Waals surface area contributed by atoms with Crippen molar-refractivity contribution in [3.05, 3.63) is 34.9 Å². The lowest BCUT2D eigenvalue weighted by Gasteiger charge is -2.34. The molecule has 0 aromatic heterocycles. The highest BCUT2D eigenvalue weighted by molar-refractivity contribution is 5.32. The van der Waals surface area contributed by atoms with Gasteiger partial charge in [0.25, 0.3) is 0 Å². The van der Waals surface area contributed by atoms with Crippen LogP contribution in [0.5, 0.6) is 0 Å². The number of nitrogens with one attached hydrogen (secondary N) is 1. The molecule has 2 unspecified atom stereocenters. The summed E-state index contributed by atoms with van der Waals surface area (Å²) >= 11 is 0. The molecule has 1 aromatic carbocycles. The molecule has 1 aromatic rings. The van der Waals surface area contributed by atoms with Crippen LogP contribution in [0, 0.1) is 19.8 Å². The number of hydrogen-bond donors (Lipinski definition) is 1. The Morgan fingerprint density at radius 2 is 1.88 bits per heavy atom. The van der Waals surface area contributed by atoms with Gasteiger partial charge in [-0.3, -0.25) is 0 Å². The highest BCUT2D eigenvalue weighted by Gasteiger charge is 2.25. The van der Waals surface area contributed by atoms with E-state index in [9.17, 15) is 0 Å². The first-order valence-electron chi connectivity index (χ1n) is 6.91. The zero-order valence-electron chi connectivity index (χ0n) is 11.6. The molecule has 2 atom stereocenters. The quantitative estimate of drug-likeness (QED) is 0.821. The largest absolute Gasteiger partial charge is 0.307 e. The molecule has 1 fully saturated rings. The molecule has 0 heterocycles. The molecule has 0 aliphatic heterocycles. The van der Waals surface area contributed by atoms with Gasteiger partial charge in [-0.1, -0.05) is 30.2 Å². The third-order valence-electron chi connectivity index (χ3n) is 4.27. The Labute approximate surface area is 106 Å². The Bertz CT molecular complexity index is 379. The van der Waals surface area contributed by atoms with Crippen molar-refractivity contribution in [2.75, 3.05) is 0 Å². The van der Waals surface area contributed by atoms with Crippen molar-refractivity contribution in [2.45, 2.75) is 59.0 Å². The molecule has 0 spiro atoms. The van der Waals surface area contributed by atoms with E-state index in [1.54, 1.807) is 0 Å². The van der Waals surface area contributed by atoms with Gasteiger partial charge in [0.1, 0.15) is 0 Å². The van der Waals surface area contributed by atoms with Gasteiger partial charge in [-0.2, -0.15) is 0 Å². The monoisotopic (exact) mass is 231 g/mol. The fourth-order valence-electron chi connectivity index (χ4n) is 2.79. The number of aryl methyl sites for hydroxylation is 2. The van der Waals surface area contributed by atoms with Gasteiger partial charge in [0, 0.05) is 12.1 Å². The molecule has 0 amide bonds. The van der Waals surface area contributed by atoms with Crippen LogP contribution < -0.4 is 5.32 Å². The Morgan fingerprint density at radius 3 is 2.47 bits per heavy atom. The summed E-state index contributed by atoms with van der Waals surface area (Å²) in [7, 11) is 0. The maximum Gasteiger partial charge on any atom is 0.0297 e. The van der Waals surface area contributed by atoms with Crippen LogP contribution in [-0.4, -0.2) is 6.04 Å². The number of rotatable bonds is 4. The van der Waals surface area contributed by atoms with Crippen LogP contribution in [0.4, 0.5) is 0 Å². The van der Waals surface area contributed by atoms with E-state index < -0.39 is 0 Å². The van der Waals surface area contributed by atoms with E-state index in [1.807, 2.05) is 0 Å². The van der Waals surface area contributed by atoms with Gasteiger partial charge in [-0.05, 0) is 57.6 Å². The molecule has 17 heavy (non-hydrogen) atoms. The van der Waals surface area contributed by atoms with E-state index in [0.29, 0.717) is 12.1 Å². The van der Waals surface area contributed by atoms with Crippen molar-refractivity contribution in [2.24, 2.45) is 5.92 Å². The minimum Gasteiger partial charge on any atom is -0.307 e. The topological polar surface area (TPSA) is 12.0 Å². The molecular formula is C16H25N. The van der Waals surface area contributed by atoms with Gasteiger partial charge in [0.05, 0.1) is 0 Å². The number of hydrogen-bond acceptors (Lipinski definition) is 1. The fourth-order valence-corrected chi connectivity index (χ4v) is 2.79. The average molecular weight is 231 g/mol. The van der Waals surface area contributed by atoms with Gasteiger partial charge < -0.3 is 5.32 Å². The van der Waals surface area contributed by atoms with Crippen LogP contribution in [0.1, 0.15) is 55.8 Å². The van der Waals surface area contributed by atoms with Gasteiger partial charge in [0.15, 0.2) is 0 Å². The number of benzene rings is 1. The third kappa shape index (κ3) is 2.90. The molecule has 1 saturated carbocycles. The molecule has 0 bridgehead atoms. The van der Waals surface area contributed by atoms with Crippen LogP contribution in [0.3, 0.4) is 0 Å². The van der Waals surface area contributed by atoms with Crippen LogP contribution in [0.25, 0.3) is 0 Å². The van der Waals surface area contributed by atoms with Crippen molar-refractivity contribution in [1.29, 1.82) is 0 Å². The fraction of sp³-hybridized carbons (Fsp3) is 0.625. The van der Waals surface area contributed by atoms with Gasteiger partial charge >= 0.3 is 0 Å². The minimum atomic E-state index is 0.463. The van der Waals surface area contributed by atoms with Gasteiger partial charge in [-0.25, -0.2) is 0 Å². The van der Waals surface area contributed by atoms with E-state index >= 15 is 0 Å². The normalized spacial score (nSPS) is 19.8. The zero-order chi connectivity index (χ0) is 12.4. The molecule has 1 N–H and O–H groups in total. The first-order valence-corrected chi connectivity index (χ1v) is 6.91. The van der Waals surface area contributed by atoms with E-state index in [2.05, 4.69) is 51.2 Å². The standard InChI is InChI=1S/C16H25N/c1-11-8-9-12(2)16(10-11)14(4)17-13(3)15-6-5-7-15/h8-10,13-15,17H,5-7H2,1-4H3. The van der Waals surface area contributed by atoms with E-state index in [4.69, 9.17) is 0 Å². The first-order chi connectivity index (χ1) is 8.08. The van der Waals surface area contributed by atoms with Crippen molar-refractivity contribution < 1.29 is 0 Å². The van der Waals surface area contributed by atoms with Crippen LogP contribution in [-0.2, 0) is 0 Å². The summed E-state index contributed by atoms with van der Waals surface area (Å²) in [5.41, 5.74) is 4.21. The van der Waals surface area contributed by atoms with Gasteiger partial charge in [-0.15, -0.1) is 0 Å². The highest BCUT2D eigenvalue weighted by atomic mass is 14.9. The molecule has 1 aliphatic carbocycles. The zero-order valence-corrected chi connectivity index (χ0v) is 11.6. The van der Waals surface area contributed by atoms with Crippen LogP contribution in [0.2, 0.25) is 0 Å². The van der Waals surface area contributed by atoms with E-state index in [0.717, 1.165) is 5.92 Å². The van der Waals surface area contributed by atoms with Crippen LogP contribution in [0.15, 0.2) is 18.2 Å². The van der Waals surface area contributed by atoms with Crippen molar-refractivity contribution in [3.8, 4) is 0 Å². The second kappa shape index (κ2) is 5.22. The Morgan fingerprint density at radius 1 is 1.18 bits per heavy atom. The van der Waals surface area contributed by atoms with Crippen molar-refractivity contribution >= 4 is 0 Å². The van der Waals surface area contributed by atoms with E-state index in [1.165, 1.54) is 36.0 Å². The second-order valence-electron chi connectivity index (χ2n) is 5.73. The second-order valence-corrected chi connectivity index (χ2v) is 5.73. The summed E-state index contributed by atoms with van der Waals surface area (Å²) in [6.45, 7) is 9.01. The summed E-state index contributed by atoms with van der Waals surface area (Å²) in [5.74, 6) is 0.905. The predicted molar refractivity (Wildman–Crippen MR) is 74.3 cm³/mol. The minimum absolute atomic E-state index is 0.463. The molecule has 2 rings (SSSR count). The van der Waals surface area contributed by atoms with Crippen LogP contribution >= 0.6 is 0 Å². The van der Waals surface area contributed by atoms with Gasteiger partial charge in [0.2, 0.25) is 0 Å².